The van der Waals surface area contributed by atoms with Gasteiger partial charge in [0.2, 0.25) is 5.91 Å². The number of rotatable bonds is 4. The van der Waals surface area contributed by atoms with Gasteiger partial charge in [-0.1, -0.05) is 43.2 Å². The minimum absolute atomic E-state index is 0.0370. The molecule has 0 spiro atoms. The summed E-state index contributed by atoms with van der Waals surface area (Å²) in [5.41, 5.74) is 6.29. The van der Waals surface area contributed by atoms with Crippen LogP contribution < -0.4 is 16.4 Å². The van der Waals surface area contributed by atoms with Crippen molar-refractivity contribution in [1.82, 2.24) is 15.5 Å². The third-order valence-corrected chi connectivity index (χ3v) is 5.26. The molecule has 1 aromatic rings. The quantitative estimate of drug-likeness (QED) is 0.777. The highest BCUT2D eigenvalue weighted by Gasteiger charge is 2.45. The van der Waals surface area contributed by atoms with Crippen LogP contribution in [0.15, 0.2) is 30.3 Å². The molecular formula is C19H28N4O2. The number of urea groups is 1. The molecule has 6 heteroatoms. The summed E-state index contributed by atoms with van der Waals surface area (Å²) < 4.78 is 0. The van der Waals surface area contributed by atoms with Crippen molar-refractivity contribution in [3.8, 4) is 0 Å². The first-order chi connectivity index (χ1) is 12.1. The third-order valence-electron chi connectivity index (χ3n) is 5.26. The smallest absolute Gasteiger partial charge is 0.315 e. The van der Waals surface area contributed by atoms with Crippen LogP contribution in [0.1, 0.15) is 44.1 Å². The number of hydrogen-bond donors (Lipinski definition) is 3. The minimum Gasteiger partial charge on any atom is -0.339 e. The SMILES string of the molecule is NC1CCCN(C(=O)C2(NC(=O)NCc3ccccc3)CCCC2)C1. The fourth-order valence-corrected chi connectivity index (χ4v) is 3.91. The number of carbonyl (C=O) groups excluding carboxylic acids is 2. The van der Waals surface area contributed by atoms with E-state index in [9.17, 15) is 9.59 Å². The van der Waals surface area contributed by atoms with Gasteiger partial charge in [0.1, 0.15) is 5.54 Å². The lowest BCUT2D eigenvalue weighted by atomic mass is 9.93. The summed E-state index contributed by atoms with van der Waals surface area (Å²) in [7, 11) is 0. The molecule has 2 aliphatic rings. The number of likely N-dealkylation sites (tertiary alicyclic amines) is 1. The van der Waals surface area contributed by atoms with Gasteiger partial charge in [0.25, 0.3) is 0 Å². The van der Waals surface area contributed by atoms with Crippen molar-refractivity contribution in [2.24, 2.45) is 5.73 Å². The Hall–Kier alpha value is -2.08. The van der Waals surface area contributed by atoms with Gasteiger partial charge in [0.15, 0.2) is 0 Å². The van der Waals surface area contributed by atoms with Gasteiger partial charge in [-0.3, -0.25) is 4.79 Å². The maximum absolute atomic E-state index is 13.1. The molecule has 3 amide bonds. The Bertz CT molecular complexity index is 599. The first-order valence-corrected chi connectivity index (χ1v) is 9.24. The Labute approximate surface area is 149 Å². The molecule has 1 aliphatic heterocycles. The van der Waals surface area contributed by atoms with Crippen molar-refractivity contribution < 1.29 is 9.59 Å². The van der Waals surface area contributed by atoms with E-state index in [-0.39, 0.29) is 18.0 Å². The lowest BCUT2D eigenvalue weighted by molar-refractivity contribution is -0.139. The number of carbonyl (C=O) groups is 2. The lowest BCUT2D eigenvalue weighted by Crippen LogP contribution is -2.62. The van der Waals surface area contributed by atoms with E-state index in [1.54, 1.807) is 0 Å². The zero-order valence-electron chi connectivity index (χ0n) is 14.7. The average molecular weight is 344 g/mol. The van der Waals surface area contributed by atoms with E-state index in [0.29, 0.717) is 25.9 Å². The first kappa shape index (κ1) is 17.7. The van der Waals surface area contributed by atoms with Crippen LogP contribution in [0, 0.1) is 0 Å². The van der Waals surface area contributed by atoms with Gasteiger partial charge in [-0.25, -0.2) is 4.79 Å². The molecule has 1 aliphatic carbocycles. The van der Waals surface area contributed by atoms with E-state index < -0.39 is 5.54 Å². The van der Waals surface area contributed by atoms with Crippen molar-refractivity contribution in [2.75, 3.05) is 13.1 Å². The molecule has 0 radical (unpaired) electrons. The molecular weight excluding hydrogens is 316 g/mol. The summed E-state index contributed by atoms with van der Waals surface area (Å²) in [6.07, 6.45) is 5.23. The van der Waals surface area contributed by atoms with Gasteiger partial charge in [-0.05, 0) is 31.2 Å². The Balaban J connectivity index is 1.61. The highest BCUT2D eigenvalue weighted by atomic mass is 16.2. The molecule has 1 saturated heterocycles. The van der Waals surface area contributed by atoms with E-state index in [4.69, 9.17) is 5.73 Å². The van der Waals surface area contributed by atoms with Crippen LogP contribution in [-0.2, 0) is 11.3 Å². The molecule has 1 aromatic carbocycles. The van der Waals surface area contributed by atoms with E-state index in [0.717, 1.165) is 37.8 Å². The second kappa shape index (κ2) is 7.87. The summed E-state index contributed by atoms with van der Waals surface area (Å²) in [6.45, 7) is 1.78. The van der Waals surface area contributed by atoms with Crippen molar-refractivity contribution >= 4 is 11.9 Å². The monoisotopic (exact) mass is 344 g/mol. The van der Waals surface area contributed by atoms with E-state index in [2.05, 4.69) is 10.6 Å². The number of benzene rings is 1. The number of nitrogens with one attached hydrogen (secondary N) is 2. The van der Waals surface area contributed by atoms with Crippen LogP contribution in [0.3, 0.4) is 0 Å². The Morgan fingerprint density at radius 3 is 2.56 bits per heavy atom. The van der Waals surface area contributed by atoms with Crippen molar-refractivity contribution in [3.05, 3.63) is 35.9 Å². The van der Waals surface area contributed by atoms with Gasteiger partial charge in [0.05, 0.1) is 0 Å². The topological polar surface area (TPSA) is 87.5 Å². The standard InChI is InChI=1S/C19H28N4O2/c20-16-9-6-12-23(14-16)17(24)19(10-4-5-11-19)22-18(25)21-13-15-7-2-1-3-8-15/h1-3,7-8,16H,4-6,9-14,20H2,(H2,21,22,25). The van der Waals surface area contributed by atoms with Crippen LogP contribution in [0.4, 0.5) is 4.79 Å². The number of piperidine rings is 1. The van der Waals surface area contributed by atoms with Crippen LogP contribution in [-0.4, -0.2) is 41.5 Å². The second-order valence-electron chi connectivity index (χ2n) is 7.24. The van der Waals surface area contributed by atoms with E-state index in [1.807, 2.05) is 35.2 Å². The molecule has 1 unspecified atom stereocenters. The molecule has 0 aromatic heterocycles. The van der Waals surface area contributed by atoms with Gasteiger partial charge < -0.3 is 21.3 Å². The van der Waals surface area contributed by atoms with Crippen LogP contribution in [0.25, 0.3) is 0 Å². The Morgan fingerprint density at radius 2 is 1.88 bits per heavy atom. The largest absolute Gasteiger partial charge is 0.339 e. The first-order valence-electron chi connectivity index (χ1n) is 9.24. The van der Waals surface area contributed by atoms with Crippen LogP contribution in [0.2, 0.25) is 0 Å². The normalized spacial score (nSPS) is 22.4. The van der Waals surface area contributed by atoms with E-state index in [1.165, 1.54) is 0 Å². The minimum atomic E-state index is -0.766. The summed E-state index contributed by atoms with van der Waals surface area (Å²) in [5.74, 6) is 0.0370. The maximum Gasteiger partial charge on any atom is 0.315 e. The highest BCUT2D eigenvalue weighted by molar-refractivity contribution is 5.91. The predicted octanol–water partition coefficient (Wildman–Crippen LogP) is 1.75. The molecule has 3 rings (SSSR count). The lowest BCUT2D eigenvalue weighted by Gasteiger charge is -2.38. The fraction of sp³-hybridized carbons (Fsp3) is 0.579. The molecule has 0 bridgehead atoms. The summed E-state index contributed by atoms with van der Waals surface area (Å²) in [6, 6.07) is 9.52. The predicted molar refractivity (Wildman–Crippen MR) is 96.8 cm³/mol. The third kappa shape index (κ3) is 4.31. The van der Waals surface area contributed by atoms with E-state index >= 15 is 0 Å². The fourth-order valence-electron chi connectivity index (χ4n) is 3.91. The molecule has 25 heavy (non-hydrogen) atoms. The van der Waals surface area contributed by atoms with Crippen LogP contribution >= 0.6 is 0 Å². The number of hydrogen-bond acceptors (Lipinski definition) is 3. The number of amides is 3. The zero-order valence-corrected chi connectivity index (χ0v) is 14.7. The maximum atomic E-state index is 13.1. The van der Waals surface area contributed by atoms with Crippen molar-refractivity contribution in [1.29, 1.82) is 0 Å². The molecule has 2 fully saturated rings. The average Bonchev–Trinajstić information content (AvgIpc) is 3.10. The highest BCUT2D eigenvalue weighted by Crippen LogP contribution is 2.32. The number of nitrogens with two attached hydrogens (primary N) is 1. The molecule has 6 nitrogen and oxygen atoms in total. The Morgan fingerprint density at radius 1 is 1.16 bits per heavy atom. The zero-order chi connectivity index (χ0) is 17.7. The van der Waals surface area contributed by atoms with Crippen molar-refractivity contribution in [3.63, 3.8) is 0 Å². The molecule has 1 saturated carbocycles. The van der Waals surface area contributed by atoms with Gasteiger partial charge >= 0.3 is 6.03 Å². The molecule has 4 N–H and O–H groups in total. The Kier molecular flexibility index (Phi) is 5.58. The summed E-state index contributed by atoms with van der Waals surface area (Å²) in [4.78, 5) is 27.4. The second-order valence-corrected chi connectivity index (χ2v) is 7.24. The van der Waals surface area contributed by atoms with Gasteiger partial charge in [-0.2, -0.15) is 0 Å². The van der Waals surface area contributed by atoms with Crippen LogP contribution in [0.5, 0.6) is 0 Å². The molecule has 1 heterocycles. The van der Waals surface area contributed by atoms with Gasteiger partial charge in [-0.15, -0.1) is 0 Å². The summed E-state index contributed by atoms with van der Waals surface area (Å²) in [5, 5.41) is 5.86. The molecule has 136 valence electrons. The summed E-state index contributed by atoms with van der Waals surface area (Å²) >= 11 is 0. The molecule has 1 atom stereocenters. The number of nitrogens with zero attached hydrogens (tertiary/aromatic N) is 1. The van der Waals surface area contributed by atoms with Crippen molar-refractivity contribution in [2.45, 2.75) is 56.7 Å². The van der Waals surface area contributed by atoms with Gasteiger partial charge in [0, 0.05) is 25.7 Å².